The molecule has 2 heterocycles. The molecule has 1 amide bonds. The molecule has 5 nitrogen and oxygen atoms in total. The van der Waals surface area contributed by atoms with E-state index in [4.69, 9.17) is 0 Å². The van der Waals surface area contributed by atoms with Gasteiger partial charge < -0.3 is 5.32 Å². The van der Waals surface area contributed by atoms with Crippen LogP contribution in [-0.2, 0) is 11.3 Å². The summed E-state index contributed by atoms with van der Waals surface area (Å²) in [6, 6.07) is 1.81. The summed E-state index contributed by atoms with van der Waals surface area (Å²) in [4.78, 5) is 27.1. The second-order valence-electron chi connectivity index (χ2n) is 3.30. The first-order valence-corrected chi connectivity index (χ1v) is 5.73. The van der Waals surface area contributed by atoms with Gasteiger partial charge in [-0.05, 0) is 11.4 Å². The number of thiophene rings is 1. The average Bonchev–Trinajstić information content (AvgIpc) is 2.76. The van der Waals surface area contributed by atoms with Gasteiger partial charge >= 0.3 is 0 Å². The van der Waals surface area contributed by atoms with Gasteiger partial charge in [0.2, 0.25) is 5.91 Å². The number of rotatable bonds is 3. The zero-order valence-corrected chi connectivity index (χ0v) is 9.58. The zero-order chi connectivity index (χ0) is 11.5. The first-order valence-electron chi connectivity index (χ1n) is 4.85. The molecule has 16 heavy (non-hydrogen) atoms. The van der Waals surface area contributed by atoms with E-state index in [1.807, 2.05) is 11.4 Å². The number of fused-ring (bicyclic) bond motifs is 1. The van der Waals surface area contributed by atoms with Gasteiger partial charge in [-0.2, -0.15) is 0 Å². The molecule has 0 aliphatic rings. The summed E-state index contributed by atoms with van der Waals surface area (Å²) in [7, 11) is 1.58. The molecule has 0 aliphatic heterocycles. The highest BCUT2D eigenvalue weighted by Gasteiger charge is 2.06. The molecule has 0 spiro atoms. The van der Waals surface area contributed by atoms with E-state index in [1.165, 1.54) is 22.2 Å². The minimum absolute atomic E-state index is 0.0797. The van der Waals surface area contributed by atoms with Gasteiger partial charge in [-0.25, -0.2) is 4.98 Å². The quantitative estimate of drug-likeness (QED) is 0.850. The van der Waals surface area contributed by atoms with Crippen molar-refractivity contribution in [1.82, 2.24) is 14.9 Å². The summed E-state index contributed by atoms with van der Waals surface area (Å²) >= 11 is 1.37. The van der Waals surface area contributed by atoms with Gasteiger partial charge in [-0.3, -0.25) is 14.2 Å². The molecule has 84 valence electrons. The average molecular weight is 237 g/mol. The van der Waals surface area contributed by atoms with Crippen LogP contribution < -0.4 is 10.9 Å². The Labute approximate surface area is 95.7 Å². The Morgan fingerprint density at radius 3 is 3.19 bits per heavy atom. The van der Waals surface area contributed by atoms with E-state index in [0.29, 0.717) is 16.8 Å². The highest BCUT2D eigenvalue weighted by molar-refractivity contribution is 7.17. The van der Waals surface area contributed by atoms with Crippen molar-refractivity contribution in [3.05, 3.63) is 28.1 Å². The van der Waals surface area contributed by atoms with Gasteiger partial charge in [-0.15, -0.1) is 11.3 Å². The van der Waals surface area contributed by atoms with E-state index in [0.717, 1.165) is 0 Å². The zero-order valence-electron chi connectivity index (χ0n) is 8.77. The van der Waals surface area contributed by atoms with Crippen molar-refractivity contribution in [2.24, 2.45) is 0 Å². The normalized spacial score (nSPS) is 10.6. The number of aryl methyl sites for hydroxylation is 1. The van der Waals surface area contributed by atoms with Crippen LogP contribution in [0.25, 0.3) is 10.2 Å². The molecule has 2 aromatic rings. The molecule has 0 fully saturated rings. The number of carbonyl (C=O) groups is 1. The van der Waals surface area contributed by atoms with E-state index in [9.17, 15) is 9.59 Å². The molecule has 0 atom stereocenters. The highest BCUT2D eigenvalue weighted by Crippen LogP contribution is 2.13. The molecule has 0 aromatic carbocycles. The third-order valence-electron chi connectivity index (χ3n) is 2.29. The van der Waals surface area contributed by atoms with Gasteiger partial charge in [0.15, 0.2) is 0 Å². The van der Waals surface area contributed by atoms with Gasteiger partial charge in [0.1, 0.15) is 4.70 Å². The number of hydrogen-bond donors (Lipinski definition) is 1. The van der Waals surface area contributed by atoms with Crippen molar-refractivity contribution in [1.29, 1.82) is 0 Å². The summed E-state index contributed by atoms with van der Waals surface area (Å²) in [6.07, 6.45) is 1.77. The fraction of sp³-hybridized carbons (Fsp3) is 0.300. The first-order chi connectivity index (χ1) is 7.72. The predicted octanol–water partition coefficient (Wildman–Crippen LogP) is 0.594. The molecule has 0 saturated carbocycles. The molecule has 1 N–H and O–H groups in total. The predicted molar refractivity (Wildman–Crippen MR) is 62.6 cm³/mol. The summed E-state index contributed by atoms with van der Waals surface area (Å²) in [6.45, 7) is 0.360. The van der Waals surface area contributed by atoms with E-state index in [-0.39, 0.29) is 17.9 Å². The maximum Gasteiger partial charge on any atom is 0.271 e. The Kier molecular flexibility index (Phi) is 3.00. The maximum atomic E-state index is 11.9. The molecular formula is C10H11N3O2S. The molecule has 0 unspecified atom stereocenters. The Hall–Kier alpha value is -1.69. The number of hydrogen-bond acceptors (Lipinski definition) is 4. The molecule has 2 aromatic heterocycles. The Bertz CT molecular complexity index is 573. The van der Waals surface area contributed by atoms with Crippen LogP contribution in [0.5, 0.6) is 0 Å². The maximum absolute atomic E-state index is 11.9. The monoisotopic (exact) mass is 237 g/mol. The van der Waals surface area contributed by atoms with Crippen molar-refractivity contribution in [2.75, 3.05) is 7.05 Å². The van der Waals surface area contributed by atoms with Crippen LogP contribution in [0.4, 0.5) is 0 Å². The summed E-state index contributed by atoms with van der Waals surface area (Å²) in [5, 5.41) is 4.35. The standard InChI is InChI=1S/C10H11N3O2S/c1-11-8(14)2-4-13-6-12-7-3-5-16-9(7)10(13)15/h3,5-6H,2,4H2,1H3,(H,11,14). The van der Waals surface area contributed by atoms with Gasteiger partial charge in [0.25, 0.3) is 5.56 Å². The Morgan fingerprint density at radius 2 is 2.44 bits per heavy atom. The van der Waals surface area contributed by atoms with Crippen LogP contribution in [0, 0.1) is 0 Å². The minimum Gasteiger partial charge on any atom is -0.359 e. The molecule has 0 aliphatic carbocycles. The molecule has 0 bridgehead atoms. The van der Waals surface area contributed by atoms with E-state index >= 15 is 0 Å². The molecule has 0 saturated heterocycles. The van der Waals surface area contributed by atoms with Crippen molar-refractivity contribution >= 4 is 27.5 Å². The lowest BCUT2D eigenvalue weighted by atomic mass is 10.4. The van der Waals surface area contributed by atoms with Crippen molar-refractivity contribution < 1.29 is 4.79 Å². The third kappa shape index (κ3) is 1.96. The van der Waals surface area contributed by atoms with E-state index < -0.39 is 0 Å². The summed E-state index contributed by atoms with van der Waals surface area (Å²) in [5.41, 5.74) is 0.634. The number of nitrogens with one attached hydrogen (secondary N) is 1. The molecular weight excluding hydrogens is 226 g/mol. The summed E-state index contributed by atoms with van der Waals surface area (Å²) < 4.78 is 2.10. The number of nitrogens with zero attached hydrogens (tertiary/aromatic N) is 2. The fourth-order valence-electron chi connectivity index (χ4n) is 1.39. The van der Waals surface area contributed by atoms with Crippen LogP contribution in [-0.4, -0.2) is 22.5 Å². The van der Waals surface area contributed by atoms with E-state index in [2.05, 4.69) is 10.3 Å². The van der Waals surface area contributed by atoms with Gasteiger partial charge in [0, 0.05) is 20.0 Å². The fourth-order valence-corrected chi connectivity index (χ4v) is 2.18. The smallest absolute Gasteiger partial charge is 0.271 e. The van der Waals surface area contributed by atoms with Crippen molar-refractivity contribution in [3.63, 3.8) is 0 Å². The van der Waals surface area contributed by atoms with Crippen LogP contribution >= 0.6 is 11.3 Å². The lowest BCUT2D eigenvalue weighted by Gasteiger charge is -2.03. The third-order valence-corrected chi connectivity index (χ3v) is 3.19. The largest absolute Gasteiger partial charge is 0.359 e. The van der Waals surface area contributed by atoms with Crippen LogP contribution in [0.1, 0.15) is 6.42 Å². The lowest BCUT2D eigenvalue weighted by molar-refractivity contribution is -0.120. The summed E-state index contributed by atoms with van der Waals surface area (Å²) in [5.74, 6) is -0.0850. The van der Waals surface area contributed by atoms with Crippen LogP contribution in [0.3, 0.4) is 0 Å². The lowest BCUT2D eigenvalue weighted by Crippen LogP contribution is -2.24. The van der Waals surface area contributed by atoms with Gasteiger partial charge in [-0.1, -0.05) is 0 Å². The van der Waals surface area contributed by atoms with E-state index in [1.54, 1.807) is 7.05 Å². The van der Waals surface area contributed by atoms with Crippen molar-refractivity contribution in [2.45, 2.75) is 13.0 Å². The SMILES string of the molecule is CNC(=O)CCn1cnc2ccsc2c1=O. The minimum atomic E-state index is -0.0850. The topological polar surface area (TPSA) is 64.0 Å². The second kappa shape index (κ2) is 4.44. The Morgan fingerprint density at radius 1 is 1.62 bits per heavy atom. The highest BCUT2D eigenvalue weighted by atomic mass is 32.1. The second-order valence-corrected chi connectivity index (χ2v) is 4.22. The number of amides is 1. The molecule has 0 radical (unpaired) electrons. The van der Waals surface area contributed by atoms with Crippen LogP contribution in [0.2, 0.25) is 0 Å². The number of carbonyl (C=O) groups excluding carboxylic acids is 1. The first kappa shape index (κ1) is 10.8. The molecule has 2 rings (SSSR count). The van der Waals surface area contributed by atoms with Crippen LogP contribution in [0.15, 0.2) is 22.6 Å². The van der Waals surface area contributed by atoms with Gasteiger partial charge in [0.05, 0.1) is 11.8 Å². The van der Waals surface area contributed by atoms with Crippen molar-refractivity contribution in [3.8, 4) is 0 Å². The molecule has 6 heteroatoms. The number of aromatic nitrogens is 2. The Balaban J connectivity index is 2.28.